The van der Waals surface area contributed by atoms with Crippen molar-refractivity contribution in [1.29, 1.82) is 0 Å². The number of rotatable bonds is 3. The summed E-state index contributed by atoms with van der Waals surface area (Å²) in [6, 6.07) is 8.09. The van der Waals surface area contributed by atoms with E-state index in [1.54, 1.807) is 6.20 Å². The lowest BCUT2D eigenvalue weighted by atomic mass is 10.0. The van der Waals surface area contributed by atoms with Gasteiger partial charge in [0.15, 0.2) is 0 Å². The summed E-state index contributed by atoms with van der Waals surface area (Å²) >= 11 is 2.15. The molecule has 17 heavy (non-hydrogen) atoms. The molecule has 0 fully saturated rings. The fraction of sp³-hybridized carbons (Fsp3) is 0.231. The highest BCUT2D eigenvalue weighted by Gasteiger charge is 2.04. The molecule has 2 rings (SSSR count). The van der Waals surface area contributed by atoms with E-state index < -0.39 is 0 Å². The number of ether oxygens (including phenoxy) is 1. The lowest BCUT2D eigenvalue weighted by Crippen LogP contribution is -1.92. The molecule has 0 aliphatic carbocycles. The first kappa shape index (κ1) is 12.3. The topological polar surface area (TPSA) is 35.0 Å². The van der Waals surface area contributed by atoms with Gasteiger partial charge in [-0.1, -0.05) is 26.0 Å². The van der Waals surface area contributed by atoms with Crippen LogP contribution in [0.15, 0.2) is 36.8 Å². The number of hydrogen-bond donors (Lipinski definition) is 0. The van der Waals surface area contributed by atoms with Crippen LogP contribution >= 0.6 is 22.6 Å². The molecule has 0 radical (unpaired) electrons. The smallest absolute Gasteiger partial charge is 0.235 e. The first-order valence-corrected chi connectivity index (χ1v) is 6.48. The fourth-order valence-corrected chi connectivity index (χ4v) is 1.82. The molecular weight excluding hydrogens is 327 g/mol. The van der Waals surface area contributed by atoms with Crippen LogP contribution in [-0.4, -0.2) is 9.97 Å². The molecular formula is C13H13IN2O. The molecule has 1 aromatic carbocycles. The molecule has 4 heteroatoms. The Balaban J connectivity index is 2.17. The van der Waals surface area contributed by atoms with Crippen molar-refractivity contribution < 1.29 is 4.74 Å². The molecule has 1 aromatic heterocycles. The lowest BCUT2D eigenvalue weighted by molar-refractivity contribution is 0.457. The molecule has 0 spiro atoms. The van der Waals surface area contributed by atoms with E-state index >= 15 is 0 Å². The number of halogens is 1. The highest BCUT2D eigenvalue weighted by Crippen LogP contribution is 2.25. The predicted octanol–water partition coefficient (Wildman–Crippen LogP) is 4.00. The standard InChI is InChI=1S/C13H13IN2O/c1-9(2)10-3-5-11(6-4-10)17-13-12(14)7-15-8-16-13/h3-9H,1-2H3. The maximum atomic E-state index is 5.69. The minimum atomic E-state index is 0.531. The molecule has 0 amide bonds. The number of hydrogen-bond acceptors (Lipinski definition) is 3. The molecule has 0 atom stereocenters. The third kappa shape index (κ3) is 3.15. The summed E-state index contributed by atoms with van der Waals surface area (Å²) in [6.45, 7) is 4.34. The molecule has 88 valence electrons. The van der Waals surface area contributed by atoms with Crippen LogP contribution in [0.3, 0.4) is 0 Å². The molecule has 3 nitrogen and oxygen atoms in total. The van der Waals surface area contributed by atoms with E-state index in [2.05, 4.69) is 58.5 Å². The van der Waals surface area contributed by atoms with E-state index in [1.807, 2.05) is 12.1 Å². The van der Waals surface area contributed by atoms with Gasteiger partial charge in [0.05, 0.1) is 3.57 Å². The van der Waals surface area contributed by atoms with E-state index in [9.17, 15) is 0 Å². The summed E-state index contributed by atoms with van der Waals surface area (Å²) in [5.41, 5.74) is 1.30. The molecule has 1 heterocycles. The highest BCUT2D eigenvalue weighted by atomic mass is 127. The van der Waals surface area contributed by atoms with E-state index in [4.69, 9.17) is 4.74 Å². The van der Waals surface area contributed by atoms with Crippen molar-refractivity contribution in [3.8, 4) is 11.6 Å². The van der Waals surface area contributed by atoms with Crippen LogP contribution in [0.2, 0.25) is 0 Å². The van der Waals surface area contributed by atoms with Crippen LogP contribution in [0.5, 0.6) is 11.6 Å². The van der Waals surface area contributed by atoms with Crippen LogP contribution in [0.1, 0.15) is 25.3 Å². The van der Waals surface area contributed by atoms with Gasteiger partial charge in [0.25, 0.3) is 0 Å². The van der Waals surface area contributed by atoms with Crippen molar-refractivity contribution in [2.45, 2.75) is 19.8 Å². The average Bonchev–Trinajstić information content (AvgIpc) is 2.33. The maximum absolute atomic E-state index is 5.69. The largest absolute Gasteiger partial charge is 0.438 e. The summed E-state index contributed by atoms with van der Waals surface area (Å²) in [5, 5.41) is 0. The van der Waals surface area contributed by atoms with E-state index in [1.165, 1.54) is 11.9 Å². The molecule has 0 saturated carbocycles. The maximum Gasteiger partial charge on any atom is 0.235 e. The second-order valence-corrected chi connectivity index (χ2v) is 5.16. The van der Waals surface area contributed by atoms with Crippen molar-refractivity contribution in [2.24, 2.45) is 0 Å². The Hall–Kier alpha value is -1.17. The third-order valence-corrected chi connectivity index (χ3v) is 3.14. The van der Waals surface area contributed by atoms with Crippen molar-refractivity contribution in [1.82, 2.24) is 9.97 Å². The minimum absolute atomic E-state index is 0.531. The van der Waals surface area contributed by atoms with Gasteiger partial charge in [0.2, 0.25) is 5.88 Å². The van der Waals surface area contributed by atoms with Gasteiger partial charge in [-0.15, -0.1) is 0 Å². The lowest BCUT2D eigenvalue weighted by Gasteiger charge is -2.08. The Labute approximate surface area is 114 Å². The van der Waals surface area contributed by atoms with Crippen LogP contribution in [0.4, 0.5) is 0 Å². The third-order valence-electron chi connectivity index (χ3n) is 2.40. The second kappa shape index (κ2) is 5.44. The zero-order chi connectivity index (χ0) is 12.3. The molecule has 0 aliphatic heterocycles. The van der Waals surface area contributed by atoms with Crippen LogP contribution < -0.4 is 4.74 Å². The first-order chi connectivity index (χ1) is 8.16. The predicted molar refractivity (Wildman–Crippen MR) is 75.4 cm³/mol. The molecule has 2 aromatic rings. The Morgan fingerprint density at radius 1 is 1.18 bits per heavy atom. The van der Waals surface area contributed by atoms with Crippen LogP contribution in [0, 0.1) is 3.57 Å². The van der Waals surface area contributed by atoms with Crippen molar-refractivity contribution in [2.75, 3.05) is 0 Å². The summed E-state index contributed by atoms with van der Waals surface area (Å²) in [6.07, 6.45) is 3.21. The Bertz CT molecular complexity index is 497. The number of nitrogens with zero attached hydrogens (tertiary/aromatic N) is 2. The SMILES string of the molecule is CC(C)c1ccc(Oc2ncncc2I)cc1. The number of benzene rings is 1. The van der Waals surface area contributed by atoms with Gasteiger partial charge in [-0.05, 0) is 46.2 Å². The quantitative estimate of drug-likeness (QED) is 0.793. The summed E-state index contributed by atoms with van der Waals surface area (Å²) in [7, 11) is 0. The molecule has 0 aliphatic rings. The minimum Gasteiger partial charge on any atom is -0.438 e. The van der Waals surface area contributed by atoms with Gasteiger partial charge < -0.3 is 4.74 Å². The zero-order valence-corrected chi connectivity index (χ0v) is 11.9. The van der Waals surface area contributed by atoms with Gasteiger partial charge in [0, 0.05) is 6.20 Å². The summed E-state index contributed by atoms with van der Waals surface area (Å²) in [5.74, 6) is 1.92. The highest BCUT2D eigenvalue weighted by molar-refractivity contribution is 14.1. The normalized spacial score (nSPS) is 10.6. The summed E-state index contributed by atoms with van der Waals surface area (Å²) in [4.78, 5) is 8.02. The van der Waals surface area contributed by atoms with Gasteiger partial charge in [0.1, 0.15) is 12.1 Å². The zero-order valence-electron chi connectivity index (χ0n) is 9.72. The fourth-order valence-electron chi connectivity index (χ4n) is 1.41. The van der Waals surface area contributed by atoms with Gasteiger partial charge >= 0.3 is 0 Å². The Morgan fingerprint density at radius 2 is 1.88 bits per heavy atom. The number of aromatic nitrogens is 2. The Kier molecular flexibility index (Phi) is 3.93. The summed E-state index contributed by atoms with van der Waals surface area (Å²) < 4.78 is 6.59. The van der Waals surface area contributed by atoms with Gasteiger partial charge in [-0.3, -0.25) is 0 Å². The van der Waals surface area contributed by atoms with E-state index in [0.717, 1.165) is 9.32 Å². The molecule has 0 bridgehead atoms. The molecule has 0 unspecified atom stereocenters. The monoisotopic (exact) mass is 340 g/mol. The van der Waals surface area contributed by atoms with E-state index in [0.29, 0.717) is 11.8 Å². The molecule has 0 N–H and O–H groups in total. The average molecular weight is 340 g/mol. The van der Waals surface area contributed by atoms with Crippen molar-refractivity contribution >= 4 is 22.6 Å². The van der Waals surface area contributed by atoms with Crippen LogP contribution in [0.25, 0.3) is 0 Å². The Morgan fingerprint density at radius 3 is 2.47 bits per heavy atom. The van der Waals surface area contributed by atoms with Gasteiger partial charge in [-0.2, -0.15) is 0 Å². The second-order valence-electron chi connectivity index (χ2n) is 4.00. The van der Waals surface area contributed by atoms with E-state index in [-0.39, 0.29) is 0 Å². The molecule has 0 saturated heterocycles. The van der Waals surface area contributed by atoms with Gasteiger partial charge in [-0.25, -0.2) is 9.97 Å². The first-order valence-electron chi connectivity index (χ1n) is 5.40. The van der Waals surface area contributed by atoms with Crippen LogP contribution in [-0.2, 0) is 0 Å². The van der Waals surface area contributed by atoms with Crippen molar-refractivity contribution in [3.63, 3.8) is 0 Å². The van der Waals surface area contributed by atoms with Crippen molar-refractivity contribution in [3.05, 3.63) is 45.9 Å².